The van der Waals surface area contributed by atoms with Crippen LogP contribution in [-0.2, 0) is 4.79 Å². The standard InChI is InChI=1S/C14H19N3O5/c1-21-12-10(13(22-2)16-7-15-12)11(18)17-9-5-3-8(4-6-9)14(19)20/h7-9H,3-6H2,1-2H3,(H,17,18)(H,19,20). The van der Waals surface area contributed by atoms with Gasteiger partial charge >= 0.3 is 5.97 Å². The van der Waals surface area contributed by atoms with Crippen molar-refractivity contribution in [3.63, 3.8) is 0 Å². The van der Waals surface area contributed by atoms with Crippen molar-refractivity contribution in [1.82, 2.24) is 15.3 Å². The zero-order valence-corrected chi connectivity index (χ0v) is 12.5. The molecule has 0 saturated heterocycles. The Bertz CT molecular complexity index is 533. The van der Waals surface area contributed by atoms with Crippen LogP contribution >= 0.6 is 0 Å². The monoisotopic (exact) mass is 309 g/mol. The summed E-state index contributed by atoms with van der Waals surface area (Å²) in [6, 6.07) is -0.0716. The molecule has 2 rings (SSSR count). The molecule has 1 aromatic heterocycles. The first-order valence-electron chi connectivity index (χ1n) is 7.03. The lowest BCUT2D eigenvalue weighted by atomic mass is 9.86. The van der Waals surface area contributed by atoms with E-state index in [1.165, 1.54) is 20.5 Å². The Morgan fingerprint density at radius 1 is 1.14 bits per heavy atom. The number of rotatable bonds is 5. The number of carboxylic acid groups (broad SMARTS) is 1. The maximum absolute atomic E-state index is 12.4. The van der Waals surface area contributed by atoms with Gasteiger partial charge in [-0.05, 0) is 25.7 Å². The first-order chi connectivity index (χ1) is 10.6. The summed E-state index contributed by atoms with van der Waals surface area (Å²) in [6.07, 6.45) is 3.62. The molecule has 0 atom stereocenters. The van der Waals surface area contributed by atoms with E-state index < -0.39 is 5.97 Å². The molecule has 0 radical (unpaired) electrons. The van der Waals surface area contributed by atoms with Gasteiger partial charge in [0.15, 0.2) is 5.56 Å². The van der Waals surface area contributed by atoms with Gasteiger partial charge in [-0.1, -0.05) is 0 Å². The van der Waals surface area contributed by atoms with E-state index in [9.17, 15) is 9.59 Å². The number of amides is 1. The first kappa shape index (κ1) is 16.0. The Morgan fingerprint density at radius 3 is 2.14 bits per heavy atom. The minimum Gasteiger partial charge on any atom is -0.481 e. The molecule has 120 valence electrons. The minimum atomic E-state index is -0.774. The molecular weight excluding hydrogens is 290 g/mol. The molecule has 1 aromatic rings. The van der Waals surface area contributed by atoms with Gasteiger partial charge in [-0.25, -0.2) is 9.97 Å². The highest BCUT2D eigenvalue weighted by atomic mass is 16.5. The third-order valence-electron chi connectivity index (χ3n) is 3.80. The van der Waals surface area contributed by atoms with E-state index in [0.717, 1.165) is 0 Å². The topological polar surface area (TPSA) is 111 Å². The van der Waals surface area contributed by atoms with E-state index in [4.69, 9.17) is 14.6 Å². The van der Waals surface area contributed by atoms with Crippen LogP contribution in [0.4, 0.5) is 0 Å². The summed E-state index contributed by atoms with van der Waals surface area (Å²) in [5, 5.41) is 11.9. The second-order valence-corrected chi connectivity index (χ2v) is 5.13. The summed E-state index contributed by atoms with van der Waals surface area (Å²) in [5.41, 5.74) is 0.146. The summed E-state index contributed by atoms with van der Waals surface area (Å²) in [5.74, 6) is -1.19. The smallest absolute Gasteiger partial charge is 0.306 e. The maximum Gasteiger partial charge on any atom is 0.306 e. The predicted octanol–water partition coefficient (Wildman–Crippen LogP) is 0.867. The molecule has 2 N–H and O–H groups in total. The van der Waals surface area contributed by atoms with Crippen LogP contribution in [0, 0.1) is 5.92 Å². The van der Waals surface area contributed by atoms with Gasteiger partial charge in [0.25, 0.3) is 5.91 Å². The molecule has 1 aliphatic carbocycles. The zero-order valence-electron chi connectivity index (χ0n) is 12.5. The van der Waals surface area contributed by atoms with Crippen LogP contribution < -0.4 is 14.8 Å². The van der Waals surface area contributed by atoms with Crippen molar-refractivity contribution in [3.05, 3.63) is 11.9 Å². The highest BCUT2D eigenvalue weighted by Crippen LogP contribution is 2.27. The van der Waals surface area contributed by atoms with E-state index in [-0.39, 0.29) is 35.2 Å². The van der Waals surface area contributed by atoms with Crippen molar-refractivity contribution in [2.75, 3.05) is 14.2 Å². The van der Waals surface area contributed by atoms with Crippen molar-refractivity contribution >= 4 is 11.9 Å². The number of ether oxygens (including phenoxy) is 2. The predicted molar refractivity (Wildman–Crippen MR) is 76.0 cm³/mol. The van der Waals surface area contributed by atoms with E-state index in [1.54, 1.807) is 0 Å². The molecule has 22 heavy (non-hydrogen) atoms. The van der Waals surface area contributed by atoms with Gasteiger partial charge in [0, 0.05) is 6.04 Å². The average molecular weight is 309 g/mol. The number of nitrogens with zero attached hydrogens (tertiary/aromatic N) is 2. The van der Waals surface area contributed by atoms with E-state index in [1.807, 2.05) is 0 Å². The van der Waals surface area contributed by atoms with Gasteiger partial charge in [-0.15, -0.1) is 0 Å². The Labute approximate surface area is 127 Å². The molecule has 1 heterocycles. The van der Waals surface area contributed by atoms with Gasteiger partial charge in [0.2, 0.25) is 11.8 Å². The minimum absolute atomic E-state index is 0.0716. The number of carboxylic acids is 1. The number of hydrogen-bond acceptors (Lipinski definition) is 6. The molecule has 1 fully saturated rings. The average Bonchev–Trinajstić information content (AvgIpc) is 2.54. The highest BCUT2D eigenvalue weighted by Gasteiger charge is 2.29. The molecular formula is C14H19N3O5. The fourth-order valence-corrected chi connectivity index (χ4v) is 2.60. The van der Waals surface area contributed by atoms with Crippen LogP contribution in [0.2, 0.25) is 0 Å². The number of aromatic nitrogens is 2. The van der Waals surface area contributed by atoms with Crippen LogP contribution in [0.25, 0.3) is 0 Å². The van der Waals surface area contributed by atoms with Crippen molar-refractivity contribution < 1.29 is 24.2 Å². The van der Waals surface area contributed by atoms with E-state index >= 15 is 0 Å². The Hall–Kier alpha value is -2.38. The van der Waals surface area contributed by atoms with Crippen molar-refractivity contribution in [2.45, 2.75) is 31.7 Å². The summed E-state index contributed by atoms with van der Waals surface area (Å²) < 4.78 is 10.2. The summed E-state index contributed by atoms with van der Waals surface area (Å²) in [6.45, 7) is 0. The fraction of sp³-hybridized carbons (Fsp3) is 0.571. The Balaban J connectivity index is 2.06. The first-order valence-corrected chi connectivity index (χ1v) is 7.03. The lowest BCUT2D eigenvalue weighted by Gasteiger charge is -2.27. The molecule has 8 nitrogen and oxygen atoms in total. The molecule has 1 aliphatic rings. The Kier molecular flexibility index (Phi) is 5.13. The van der Waals surface area contributed by atoms with Crippen molar-refractivity contribution in [2.24, 2.45) is 5.92 Å². The molecule has 0 aliphatic heterocycles. The lowest BCUT2D eigenvalue weighted by molar-refractivity contribution is -0.142. The number of hydrogen-bond donors (Lipinski definition) is 2. The van der Waals surface area contributed by atoms with Gasteiger partial charge in [0.1, 0.15) is 6.33 Å². The second-order valence-electron chi connectivity index (χ2n) is 5.13. The number of methoxy groups -OCH3 is 2. The molecule has 1 saturated carbocycles. The number of aliphatic carboxylic acids is 1. The zero-order chi connectivity index (χ0) is 16.1. The Morgan fingerprint density at radius 2 is 1.68 bits per heavy atom. The van der Waals surface area contributed by atoms with Crippen LogP contribution in [0.1, 0.15) is 36.0 Å². The molecule has 0 spiro atoms. The van der Waals surface area contributed by atoms with Gasteiger partial charge < -0.3 is 19.9 Å². The number of carbonyl (C=O) groups excluding carboxylic acids is 1. The number of carbonyl (C=O) groups is 2. The largest absolute Gasteiger partial charge is 0.481 e. The summed E-state index contributed by atoms with van der Waals surface area (Å²) in [4.78, 5) is 31.2. The van der Waals surface area contributed by atoms with Crippen LogP contribution in [0.15, 0.2) is 6.33 Å². The summed E-state index contributed by atoms with van der Waals surface area (Å²) >= 11 is 0. The SMILES string of the molecule is COc1ncnc(OC)c1C(=O)NC1CCC(C(=O)O)CC1. The molecule has 0 unspecified atom stereocenters. The lowest BCUT2D eigenvalue weighted by Crippen LogP contribution is -2.39. The second kappa shape index (κ2) is 7.06. The third kappa shape index (κ3) is 3.44. The fourth-order valence-electron chi connectivity index (χ4n) is 2.60. The van der Waals surface area contributed by atoms with E-state index in [0.29, 0.717) is 25.7 Å². The van der Waals surface area contributed by atoms with Crippen molar-refractivity contribution in [3.8, 4) is 11.8 Å². The third-order valence-corrected chi connectivity index (χ3v) is 3.80. The van der Waals surface area contributed by atoms with Crippen LogP contribution in [-0.4, -0.2) is 47.2 Å². The van der Waals surface area contributed by atoms with Crippen LogP contribution in [0.3, 0.4) is 0 Å². The van der Waals surface area contributed by atoms with E-state index in [2.05, 4.69) is 15.3 Å². The molecule has 0 bridgehead atoms. The molecule has 0 aromatic carbocycles. The van der Waals surface area contributed by atoms with Crippen molar-refractivity contribution in [1.29, 1.82) is 0 Å². The highest BCUT2D eigenvalue weighted by molar-refractivity contribution is 5.98. The quantitative estimate of drug-likeness (QED) is 0.830. The maximum atomic E-state index is 12.4. The molecule has 1 amide bonds. The van der Waals surface area contributed by atoms with Crippen LogP contribution in [0.5, 0.6) is 11.8 Å². The van der Waals surface area contributed by atoms with Gasteiger partial charge in [-0.2, -0.15) is 0 Å². The summed E-state index contributed by atoms with van der Waals surface area (Å²) in [7, 11) is 2.83. The van der Waals surface area contributed by atoms with Gasteiger partial charge in [0.05, 0.1) is 20.1 Å². The normalized spacial score (nSPS) is 21.0. The molecule has 8 heteroatoms. The van der Waals surface area contributed by atoms with Gasteiger partial charge in [-0.3, -0.25) is 9.59 Å². The number of nitrogens with one attached hydrogen (secondary N) is 1.